The van der Waals surface area contributed by atoms with Gasteiger partial charge in [0.15, 0.2) is 5.11 Å². The molecule has 0 fully saturated rings. The van der Waals surface area contributed by atoms with Gasteiger partial charge in [-0.15, -0.1) is 0 Å². The van der Waals surface area contributed by atoms with Crippen LogP contribution < -0.4 is 20.9 Å². The van der Waals surface area contributed by atoms with Gasteiger partial charge < -0.3 is 5.32 Å². The van der Waals surface area contributed by atoms with Gasteiger partial charge in [0.1, 0.15) is 6.04 Å². The molecule has 0 aromatic heterocycles. The van der Waals surface area contributed by atoms with E-state index in [2.05, 4.69) is 20.9 Å². The molecule has 4 N–H and O–H groups in total. The van der Waals surface area contributed by atoms with Crippen molar-refractivity contribution in [1.82, 2.24) is 15.6 Å². The zero-order valence-electron chi connectivity index (χ0n) is 17.7. The third-order valence-corrected chi connectivity index (χ3v) is 6.27. The summed E-state index contributed by atoms with van der Waals surface area (Å²) >= 11 is 5.18. The van der Waals surface area contributed by atoms with Crippen LogP contribution in [0.3, 0.4) is 0 Å². The third-order valence-electron chi connectivity index (χ3n) is 4.63. The number of carbonyl (C=O) groups excluding carboxylic acids is 1. The number of aryl methyl sites for hydroxylation is 3. The van der Waals surface area contributed by atoms with Crippen molar-refractivity contribution in [2.45, 2.75) is 45.6 Å². The molecule has 30 heavy (non-hydrogen) atoms. The Balaban J connectivity index is 2.02. The van der Waals surface area contributed by atoms with Crippen molar-refractivity contribution in [3.8, 4) is 0 Å². The average Bonchev–Trinajstić information content (AvgIpc) is 2.68. The van der Waals surface area contributed by atoms with Crippen molar-refractivity contribution in [3.63, 3.8) is 0 Å². The molecular weight excluding hydrogens is 420 g/mol. The number of benzene rings is 2. The molecular formula is C21H28N4O3S2. The molecule has 0 bridgehead atoms. The van der Waals surface area contributed by atoms with Crippen LogP contribution in [-0.4, -0.2) is 25.5 Å². The lowest BCUT2D eigenvalue weighted by molar-refractivity contribution is -0.124. The van der Waals surface area contributed by atoms with Crippen LogP contribution in [0.5, 0.6) is 0 Å². The highest BCUT2D eigenvalue weighted by molar-refractivity contribution is 7.89. The van der Waals surface area contributed by atoms with Gasteiger partial charge >= 0.3 is 0 Å². The lowest BCUT2D eigenvalue weighted by Crippen LogP contribution is -2.54. The first-order valence-corrected chi connectivity index (χ1v) is 11.4. The minimum atomic E-state index is -3.87. The van der Waals surface area contributed by atoms with Crippen molar-refractivity contribution in [2.24, 2.45) is 5.92 Å². The molecule has 162 valence electrons. The smallest absolute Gasteiger partial charge is 0.256 e. The number of amides is 1. The molecule has 1 amide bonds. The normalized spacial score (nSPS) is 12.3. The lowest BCUT2D eigenvalue weighted by Gasteiger charge is -2.22. The maximum absolute atomic E-state index is 12.8. The van der Waals surface area contributed by atoms with E-state index in [0.717, 1.165) is 22.4 Å². The van der Waals surface area contributed by atoms with Crippen LogP contribution in [0.25, 0.3) is 0 Å². The molecule has 2 aromatic carbocycles. The first-order valence-electron chi connectivity index (χ1n) is 9.52. The Morgan fingerprint density at radius 1 is 0.933 bits per heavy atom. The number of carbonyl (C=O) groups is 1. The van der Waals surface area contributed by atoms with Crippen molar-refractivity contribution in [1.29, 1.82) is 0 Å². The minimum Gasteiger partial charge on any atom is -0.331 e. The number of rotatable bonds is 6. The van der Waals surface area contributed by atoms with E-state index < -0.39 is 22.0 Å². The van der Waals surface area contributed by atoms with Crippen molar-refractivity contribution < 1.29 is 13.2 Å². The second kappa shape index (κ2) is 10.0. The predicted octanol–water partition coefficient (Wildman–Crippen LogP) is 2.93. The average molecular weight is 449 g/mol. The summed E-state index contributed by atoms with van der Waals surface area (Å²) < 4.78 is 28.0. The Labute approximate surface area is 183 Å². The Kier molecular flexibility index (Phi) is 7.94. The fraction of sp³-hybridized carbons (Fsp3) is 0.333. The SMILES string of the molecule is Cc1ccc(NC(=S)NNC(=O)C(NS(=O)(=O)c2ccc(C)c(C)c2)C(C)C)cc1. The van der Waals surface area contributed by atoms with Gasteiger partial charge in [0, 0.05) is 5.69 Å². The molecule has 1 atom stereocenters. The Morgan fingerprint density at radius 2 is 1.57 bits per heavy atom. The molecule has 0 radical (unpaired) electrons. The zero-order chi connectivity index (χ0) is 22.5. The lowest BCUT2D eigenvalue weighted by atomic mass is 10.1. The predicted molar refractivity (Wildman–Crippen MR) is 124 cm³/mol. The summed E-state index contributed by atoms with van der Waals surface area (Å²) in [6, 6.07) is 11.5. The van der Waals surface area contributed by atoms with Gasteiger partial charge in [0.25, 0.3) is 5.91 Å². The van der Waals surface area contributed by atoms with Crippen LogP contribution >= 0.6 is 12.2 Å². The molecule has 2 aromatic rings. The summed E-state index contributed by atoms with van der Waals surface area (Å²) in [4.78, 5) is 12.7. The fourth-order valence-corrected chi connectivity index (χ4v) is 4.20. The van der Waals surface area contributed by atoms with Crippen molar-refractivity contribution >= 4 is 38.9 Å². The summed E-state index contributed by atoms with van der Waals surface area (Å²) in [5.74, 6) is -0.822. The van der Waals surface area contributed by atoms with Gasteiger partial charge in [-0.3, -0.25) is 15.6 Å². The highest BCUT2D eigenvalue weighted by atomic mass is 32.2. The van der Waals surface area contributed by atoms with Crippen LogP contribution in [0.1, 0.15) is 30.5 Å². The molecule has 0 aliphatic rings. The topological polar surface area (TPSA) is 99.3 Å². The van der Waals surface area contributed by atoms with E-state index in [1.54, 1.807) is 26.0 Å². The summed E-state index contributed by atoms with van der Waals surface area (Å²) in [6.45, 7) is 9.24. The Hall–Kier alpha value is -2.49. The van der Waals surface area contributed by atoms with E-state index in [1.165, 1.54) is 6.07 Å². The molecule has 0 saturated heterocycles. The number of thiocarbonyl (C=S) groups is 1. The van der Waals surface area contributed by atoms with Crippen molar-refractivity contribution in [2.75, 3.05) is 5.32 Å². The number of anilines is 1. The monoisotopic (exact) mass is 448 g/mol. The molecule has 7 nitrogen and oxygen atoms in total. The molecule has 0 saturated carbocycles. The quantitative estimate of drug-likeness (QED) is 0.401. The van der Waals surface area contributed by atoms with Crippen LogP contribution in [0.2, 0.25) is 0 Å². The van der Waals surface area contributed by atoms with E-state index >= 15 is 0 Å². The standard InChI is InChI=1S/C21H28N4O3S2/c1-13(2)19(25-30(27,28)18-11-8-15(4)16(5)12-18)20(26)23-24-21(29)22-17-9-6-14(3)7-10-17/h6-13,19,25H,1-5H3,(H,23,26)(H2,22,24,29). The Morgan fingerprint density at radius 3 is 2.13 bits per heavy atom. The van der Waals surface area contributed by atoms with E-state index in [-0.39, 0.29) is 15.9 Å². The number of sulfonamides is 1. The third kappa shape index (κ3) is 6.51. The van der Waals surface area contributed by atoms with Gasteiger partial charge in [0.05, 0.1) is 4.90 Å². The van der Waals surface area contributed by atoms with Crippen molar-refractivity contribution in [3.05, 3.63) is 59.2 Å². The van der Waals surface area contributed by atoms with Gasteiger partial charge in [-0.1, -0.05) is 37.6 Å². The van der Waals surface area contributed by atoms with Crippen LogP contribution in [-0.2, 0) is 14.8 Å². The van der Waals surface area contributed by atoms with E-state index in [0.29, 0.717) is 0 Å². The van der Waals surface area contributed by atoms with Crippen LogP contribution in [0.4, 0.5) is 5.69 Å². The molecule has 0 heterocycles. The maximum atomic E-state index is 12.8. The zero-order valence-corrected chi connectivity index (χ0v) is 19.4. The largest absolute Gasteiger partial charge is 0.331 e. The summed E-state index contributed by atoms with van der Waals surface area (Å²) in [5.41, 5.74) is 8.81. The highest BCUT2D eigenvalue weighted by Crippen LogP contribution is 2.16. The second-order valence-electron chi connectivity index (χ2n) is 7.52. The fourth-order valence-electron chi connectivity index (χ4n) is 2.60. The molecule has 0 aliphatic carbocycles. The first-order chi connectivity index (χ1) is 14.0. The van der Waals surface area contributed by atoms with Gasteiger partial charge in [0.2, 0.25) is 10.0 Å². The highest BCUT2D eigenvalue weighted by Gasteiger charge is 2.28. The molecule has 2 rings (SSSR count). The Bertz CT molecular complexity index is 1020. The first kappa shape index (κ1) is 23.8. The number of nitrogens with one attached hydrogen (secondary N) is 4. The van der Waals surface area contributed by atoms with Gasteiger partial charge in [-0.25, -0.2) is 8.42 Å². The molecule has 0 spiro atoms. The second-order valence-corrected chi connectivity index (χ2v) is 9.65. The number of hydrogen-bond donors (Lipinski definition) is 4. The number of hydrazine groups is 1. The van der Waals surface area contributed by atoms with Crippen LogP contribution in [0.15, 0.2) is 47.4 Å². The minimum absolute atomic E-state index is 0.119. The van der Waals surface area contributed by atoms with Gasteiger partial charge in [-0.05, 0) is 74.3 Å². The maximum Gasteiger partial charge on any atom is 0.256 e. The molecule has 0 aliphatic heterocycles. The van der Waals surface area contributed by atoms with E-state index in [9.17, 15) is 13.2 Å². The van der Waals surface area contributed by atoms with E-state index in [4.69, 9.17) is 12.2 Å². The number of hydrogen-bond acceptors (Lipinski definition) is 4. The van der Waals surface area contributed by atoms with E-state index in [1.807, 2.05) is 45.0 Å². The van der Waals surface area contributed by atoms with Gasteiger partial charge in [-0.2, -0.15) is 4.72 Å². The molecule has 9 heteroatoms. The summed E-state index contributed by atoms with van der Waals surface area (Å²) in [5, 5.41) is 3.13. The summed E-state index contributed by atoms with van der Waals surface area (Å²) in [7, 11) is -3.87. The van der Waals surface area contributed by atoms with Crippen LogP contribution in [0, 0.1) is 26.7 Å². The summed E-state index contributed by atoms with van der Waals surface area (Å²) in [6.07, 6.45) is 0. The molecule has 1 unspecified atom stereocenters.